The number of aliphatic hydroxyl groups excluding tert-OH is 1. The highest BCUT2D eigenvalue weighted by molar-refractivity contribution is 6.17. The van der Waals surface area contributed by atoms with Crippen LogP contribution < -0.4 is 5.32 Å². The summed E-state index contributed by atoms with van der Waals surface area (Å²) in [6.45, 7) is 6.42. The van der Waals surface area contributed by atoms with E-state index < -0.39 is 47.2 Å². The Morgan fingerprint density at radius 2 is 1.84 bits per heavy atom. The number of rotatable bonds is 1. The fourth-order valence-corrected chi connectivity index (χ4v) is 5.11. The Kier molecular flexibility index (Phi) is 6.96. The van der Waals surface area contributed by atoms with E-state index in [9.17, 15) is 34.5 Å². The number of ether oxygens (including phenoxy) is 1. The molecule has 4 bridgehead atoms. The van der Waals surface area contributed by atoms with Gasteiger partial charge in [-0.3, -0.25) is 14.4 Å². The number of amides is 1. The topological polar surface area (TPSA) is 150 Å². The van der Waals surface area contributed by atoms with Gasteiger partial charge >= 0.3 is 5.97 Å². The van der Waals surface area contributed by atoms with E-state index in [1.807, 2.05) is 6.92 Å². The summed E-state index contributed by atoms with van der Waals surface area (Å²) in [5.41, 5.74) is -2.23. The molecule has 9 nitrogen and oxygen atoms in total. The maximum Gasteiger partial charge on any atom is 0.333 e. The fourth-order valence-electron chi connectivity index (χ4n) is 5.11. The van der Waals surface area contributed by atoms with Crippen molar-refractivity contribution in [2.24, 2.45) is 11.8 Å². The molecule has 1 amide bonds. The molecule has 1 fully saturated rings. The number of hydrogen-bond acceptors (Lipinski definition) is 8. The van der Waals surface area contributed by atoms with Crippen molar-refractivity contribution in [2.75, 3.05) is 0 Å². The van der Waals surface area contributed by atoms with Crippen LogP contribution in [0.5, 0.6) is 5.75 Å². The molecule has 5 atom stereocenters. The van der Waals surface area contributed by atoms with Crippen LogP contribution in [-0.4, -0.2) is 51.0 Å². The molecule has 4 rings (SSSR count). The van der Waals surface area contributed by atoms with E-state index >= 15 is 0 Å². The molecular formula is C28H31NO8. The van der Waals surface area contributed by atoms with Crippen molar-refractivity contribution < 1.29 is 39.2 Å². The maximum absolute atomic E-state index is 13.4. The van der Waals surface area contributed by atoms with Crippen LogP contribution in [0.4, 0.5) is 0 Å². The molecule has 2 heterocycles. The molecule has 2 aliphatic heterocycles. The fraction of sp³-hybridized carbons (Fsp3) is 0.429. The monoisotopic (exact) mass is 509 g/mol. The minimum Gasteiger partial charge on any atom is -0.507 e. The van der Waals surface area contributed by atoms with Crippen LogP contribution in [0.3, 0.4) is 0 Å². The highest BCUT2D eigenvalue weighted by Crippen LogP contribution is 2.49. The summed E-state index contributed by atoms with van der Waals surface area (Å²) in [5, 5.41) is 35.8. The zero-order valence-corrected chi connectivity index (χ0v) is 21.2. The van der Waals surface area contributed by atoms with Crippen molar-refractivity contribution in [1.29, 1.82) is 0 Å². The Bertz CT molecular complexity index is 1290. The highest BCUT2D eigenvalue weighted by atomic mass is 16.6. The third-order valence-electron chi connectivity index (χ3n) is 7.46. The van der Waals surface area contributed by atoms with E-state index in [4.69, 9.17) is 4.74 Å². The lowest BCUT2D eigenvalue weighted by molar-refractivity contribution is -0.147. The molecule has 0 unspecified atom stereocenters. The Balaban J connectivity index is 1.95. The Labute approximate surface area is 214 Å². The van der Waals surface area contributed by atoms with Crippen molar-refractivity contribution in [3.63, 3.8) is 0 Å². The molecule has 4 N–H and O–H groups in total. The van der Waals surface area contributed by atoms with Crippen molar-refractivity contribution in [1.82, 2.24) is 5.32 Å². The van der Waals surface area contributed by atoms with E-state index in [2.05, 4.69) is 5.32 Å². The molecule has 1 aliphatic carbocycles. The minimum absolute atomic E-state index is 0.00512. The predicted octanol–water partition coefficient (Wildman–Crippen LogP) is 2.51. The van der Waals surface area contributed by atoms with Crippen LogP contribution in [-0.2, 0) is 19.9 Å². The molecular weight excluding hydrogens is 478 g/mol. The molecule has 0 radical (unpaired) electrons. The van der Waals surface area contributed by atoms with E-state index in [1.54, 1.807) is 13.0 Å². The molecule has 0 spiro atoms. The SMILES string of the molecule is CC[C@H]1C=C[C@@H](O)[C@@H](C)OC(=O)C(C)=C[C@H]2C(=O)NC3=CC(=O)c4c(cc(C)c(O)c4C(=O)CC1)[C@]32O. The first-order chi connectivity index (χ1) is 17.4. The second-order valence-corrected chi connectivity index (χ2v) is 9.96. The largest absolute Gasteiger partial charge is 0.507 e. The number of aryl methyl sites for hydroxylation is 1. The molecule has 0 aromatic heterocycles. The van der Waals surface area contributed by atoms with E-state index in [0.29, 0.717) is 12.8 Å². The number of cyclic esters (lactones) is 1. The van der Waals surface area contributed by atoms with Crippen molar-refractivity contribution in [3.8, 4) is 5.75 Å². The average Bonchev–Trinajstić information content (AvgIpc) is 3.09. The zero-order chi connectivity index (χ0) is 27.2. The zero-order valence-electron chi connectivity index (χ0n) is 21.2. The molecule has 196 valence electrons. The number of aliphatic hydroxyl groups is 2. The Morgan fingerprint density at radius 3 is 2.51 bits per heavy atom. The number of phenols is 1. The molecule has 3 aliphatic rings. The maximum atomic E-state index is 13.4. The third-order valence-corrected chi connectivity index (χ3v) is 7.46. The summed E-state index contributed by atoms with van der Waals surface area (Å²) in [7, 11) is 0. The molecule has 37 heavy (non-hydrogen) atoms. The van der Waals surface area contributed by atoms with Gasteiger partial charge in [0, 0.05) is 29.2 Å². The number of nitrogens with one attached hydrogen (secondary N) is 1. The lowest BCUT2D eigenvalue weighted by Gasteiger charge is -2.34. The first kappa shape index (κ1) is 26.5. The first-order valence-electron chi connectivity index (χ1n) is 12.4. The quantitative estimate of drug-likeness (QED) is 0.333. The highest BCUT2D eigenvalue weighted by Gasteiger charge is 2.55. The smallest absolute Gasteiger partial charge is 0.333 e. The summed E-state index contributed by atoms with van der Waals surface area (Å²) in [6.07, 6.45) is 4.60. The predicted molar refractivity (Wildman–Crippen MR) is 133 cm³/mol. The Morgan fingerprint density at radius 1 is 1.14 bits per heavy atom. The number of hydrogen-bond donors (Lipinski definition) is 4. The summed E-state index contributed by atoms with van der Waals surface area (Å²) in [6, 6.07) is 1.39. The van der Waals surface area contributed by atoms with Crippen LogP contribution in [0, 0.1) is 18.8 Å². The third kappa shape index (κ3) is 4.42. The van der Waals surface area contributed by atoms with Crippen LogP contribution in [0.1, 0.15) is 71.9 Å². The lowest BCUT2D eigenvalue weighted by Crippen LogP contribution is -2.39. The van der Waals surface area contributed by atoms with Crippen molar-refractivity contribution in [3.05, 3.63) is 63.9 Å². The van der Waals surface area contributed by atoms with Crippen molar-refractivity contribution in [2.45, 2.75) is 64.8 Å². The number of carbonyl (C=O) groups is 4. The normalized spacial score (nSPS) is 30.3. The number of ketones is 2. The van der Waals surface area contributed by atoms with Gasteiger partial charge in [0.25, 0.3) is 0 Å². The van der Waals surface area contributed by atoms with E-state index in [0.717, 1.165) is 6.08 Å². The van der Waals surface area contributed by atoms with Gasteiger partial charge in [0.1, 0.15) is 23.6 Å². The van der Waals surface area contributed by atoms with Crippen LogP contribution in [0.2, 0.25) is 0 Å². The second-order valence-electron chi connectivity index (χ2n) is 9.96. The lowest BCUT2D eigenvalue weighted by atomic mass is 9.72. The molecule has 9 heteroatoms. The number of phenolic OH excluding ortho intramolecular Hbond substituents is 1. The van der Waals surface area contributed by atoms with Gasteiger partial charge in [-0.15, -0.1) is 0 Å². The summed E-state index contributed by atoms with van der Waals surface area (Å²) in [5.74, 6) is -4.33. The number of benzene rings is 1. The van der Waals surface area contributed by atoms with Gasteiger partial charge < -0.3 is 25.4 Å². The standard InChI is InChI=1S/C28H31NO8/c1-5-16-6-8-19(30)15(4)37-27(35)14(3)11-18-26(34)29-22-12-21(32)23-17(28(18,22)36)10-13(2)25(33)24(23)20(31)9-7-16/h6,8,10-12,15-16,18-19,30,33,36H,5,7,9H2,1-4H3,(H,29,34)/t15-,16+,18+,19-,28-/m1/s1. The van der Waals surface area contributed by atoms with Gasteiger partial charge in [0.15, 0.2) is 11.6 Å². The molecule has 1 aromatic rings. The summed E-state index contributed by atoms with van der Waals surface area (Å²) >= 11 is 0. The van der Waals surface area contributed by atoms with Gasteiger partial charge in [-0.25, -0.2) is 4.79 Å². The Hall–Kier alpha value is -3.56. The summed E-state index contributed by atoms with van der Waals surface area (Å²) < 4.78 is 5.39. The molecule has 1 saturated heterocycles. The average molecular weight is 510 g/mol. The van der Waals surface area contributed by atoms with Gasteiger partial charge in [-0.2, -0.15) is 0 Å². The number of aromatic hydroxyl groups is 1. The second kappa shape index (κ2) is 9.72. The minimum atomic E-state index is -2.08. The van der Waals surface area contributed by atoms with Crippen LogP contribution >= 0.6 is 0 Å². The van der Waals surface area contributed by atoms with E-state index in [-0.39, 0.29) is 51.6 Å². The number of esters is 1. The number of allylic oxidation sites excluding steroid dienone is 2. The first-order valence-corrected chi connectivity index (χ1v) is 12.4. The number of carbonyl (C=O) groups excluding carboxylic acids is 4. The molecule has 0 saturated carbocycles. The van der Waals surface area contributed by atoms with Gasteiger partial charge in [0.05, 0.1) is 17.2 Å². The van der Waals surface area contributed by atoms with Gasteiger partial charge in [0.2, 0.25) is 5.91 Å². The van der Waals surface area contributed by atoms with Crippen LogP contribution in [0.15, 0.2) is 41.6 Å². The van der Waals surface area contributed by atoms with Crippen molar-refractivity contribution >= 4 is 23.4 Å². The van der Waals surface area contributed by atoms with Crippen LogP contribution in [0.25, 0.3) is 0 Å². The van der Waals surface area contributed by atoms with E-state index in [1.165, 1.54) is 32.1 Å². The molecule has 1 aromatic carbocycles. The summed E-state index contributed by atoms with van der Waals surface area (Å²) in [4.78, 5) is 52.4. The van der Waals surface area contributed by atoms with Gasteiger partial charge in [-0.1, -0.05) is 25.2 Å². The van der Waals surface area contributed by atoms with Gasteiger partial charge in [-0.05, 0) is 51.2 Å². The number of Topliss-reactive ketones (excluding diaryl/α,β-unsaturated/α-hetero) is 1.